The molecule has 218 valence electrons. The number of H-pyrrole nitrogens is 1. The van der Waals surface area contributed by atoms with Gasteiger partial charge in [0.2, 0.25) is 0 Å². The van der Waals surface area contributed by atoms with Crippen LogP contribution in [0.4, 0.5) is 8.78 Å². The number of nitrogens with one attached hydrogen (secondary N) is 1. The summed E-state index contributed by atoms with van der Waals surface area (Å²) in [6, 6.07) is 21.5. The molecular weight excluding hydrogens is 581 g/mol. The van der Waals surface area contributed by atoms with Gasteiger partial charge in [-0.25, -0.2) is 18.6 Å². The van der Waals surface area contributed by atoms with Crippen LogP contribution in [-0.2, 0) is 13.0 Å². The van der Waals surface area contributed by atoms with E-state index in [1.165, 1.54) is 4.57 Å². The average Bonchev–Trinajstić information content (AvgIpc) is 3.41. The summed E-state index contributed by atoms with van der Waals surface area (Å²) in [4.78, 5) is 32.2. The first kappa shape index (κ1) is 32.7. The third-order valence-corrected chi connectivity index (χ3v) is 6.70. The zero-order chi connectivity index (χ0) is 29.8. The molecule has 0 aliphatic heterocycles. The fraction of sp³-hybridized carbons (Fsp3) is 0.250. The second-order valence-corrected chi connectivity index (χ2v) is 10.1. The van der Waals surface area contributed by atoms with Crippen molar-refractivity contribution in [1.29, 1.82) is 0 Å². The first-order chi connectivity index (χ1) is 20.2. The first-order valence-corrected chi connectivity index (χ1v) is 13.7. The molecule has 0 aliphatic rings. The van der Waals surface area contributed by atoms with Crippen molar-refractivity contribution in [2.45, 2.75) is 52.7 Å². The molecule has 0 amide bonds. The molecule has 1 N–H and O–H groups in total. The molecule has 0 radical (unpaired) electrons. The number of alkyl halides is 2. The van der Waals surface area contributed by atoms with Crippen molar-refractivity contribution in [2.24, 2.45) is 0 Å². The van der Waals surface area contributed by atoms with Gasteiger partial charge >= 0.3 is 57.1 Å². The Morgan fingerprint density at radius 1 is 0.930 bits per heavy atom. The molecule has 0 saturated carbocycles. The molecule has 3 aromatic carbocycles. The minimum absolute atomic E-state index is 0. The van der Waals surface area contributed by atoms with Crippen molar-refractivity contribution in [3.05, 3.63) is 111 Å². The van der Waals surface area contributed by atoms with Crippen LogP contribution in [0.3, 0.4) is 0 Å². The van der Waals surface area contributed by atoms with E-state index in [1.54, 1.807) is 24.3 Å². The zero-order valence-corrected chi connectivity index (χ0v) is 23.4. The molecule has 8 nitrogen and oxygen atoms in total. The molecule has 0 spiro atoms. The van der Waals surface area contributed by atoms with Crippen molar-refractivity contribution in [3.63, 3.8) is 0 Å². The van der Waals surface area contributed by atoms with E-state index in [9.17, 15) is 18.4 Å². The molecule has 0 unspecified atom stereocenters. The summed E-state index contributed by atoms with van der Waals surface area (Å²) < 4.78 is 40.3. The van der Waals surface area contributed by atoms with Crippen molar-refractivity contribution < 1.29 is 18.0 Å². The maximum atomic E-state index is 14.2. The van der Waals surface area contributed by atoms with Gasteiger partial charge in [-0.15, -0.1) is 0 Å². The number of ether oxygens (including phenoxy) is 1. The Labute approximate surface area is 289 Å². The predicted octanol–water partition coefficient (Wildman–Crippen LogP) is 6.00. The quantitative estimate of drug-likeness (QED) is 0.194. The number of halogens is 2. The van der Waals surface area contributed by atoms with E-state index in [-0.39, 0.29) is 69.6 Å². The van der Waals surface area contributed by atoms with Crippen molar-refractivity contribution in [2.75, 3.05) is 0 Å². The molecule has 0 aliphatic carbocycles. The van der Waals surface area contributed by atoms with Gasteiger partial charge in [-0.3, -0.25) is 18.9 Å². The van der Waals surface area contributed by atoms with E-state index in [0.29, 0.717) is 41.4 Å². The maximum absolute atomic E-state index is 14.2. The number of aromatic nitrogens is 4. The summed E-state index contributed by atoms with van der Waals surface area (Å²) in [5, 5.41) is 3.80. The molecule has 0 bridgehead atoms. The number of nitrogens with zero attached hydrogens (tertiary/aromatic N) is 3. The average molecular weight is 613 g/mol. The molecule has 5 aromatic rings. The molecule has 11 heteroatoms. The molecule has 5 rings (SSSR count). The second kappa shape index (κ2) is 14.5. The standard InChI is InChI=1S/C32H30F2N4O4.K.H/c1-4-7-26-35-28(29(33)34)27(22-14-16-23(17-15-22)41-19(2)3)31(39)38(26)18-20-10-12-21(13-11-20)24-8-5-6-9-25(24)30-36-32(40)42-37-30;;/h5-6,8-17,19,29H,4,7,18H2,1-3H3,(H,36,37,40);;. The number of benzene rings is 3. The van der Waals surface area contributed by atoms with Gasteiger partial charge < -0.3 is 4.74 Å². The van der Waals surface area contributed by atoms with Gasteiger partial charge in [-0.1, -0.05) is 72.7 Å². The van der Waals surface area contributed by atoms with Gasteiger partial charge in [0.1, 0.15) is 17.3 Å². The van der Waals surface area contributed by atoms with E-state index < -0.39 is 23.4 Å². The van der Waals surface area contributed by atoms with Crippen LogP contribution in [0.25, 0.3) is 33.6 Å². The van der Waals surface area contributed by atoms with Crippen LogP contribution in [0.2, 0.25) is 0 Å². The van der Waals surface area contributed by atoms with E-state index >= 15 is 0 Å². The van der Waals surface area contributed by atoms with Crippen LogP contribution < -0.4 is 16.1 Å². The first-order valence-electron chi connectivity index (χ1n) is 13.7. The number of aryl methyl sites for hydroxylation is 1. The molecule has 0 atom stereocenters. The number of aromatic amines is 1. The third kappa shape index (κ3) is 7.47. The van der Waals surface area contributed by atoms with Gasteiger partial charge in [-0.05, 0) is 54.7 Å². The molecule has 2 aromatic heterocycles. The summed E-state index contributed by atoms with van der Waals surface area (Å²) in [5.41, 5.74) is 2.37. The number of rotatable bonds is 10. The van der Waals surface area contributed by atoms with E-state index in [4.69, 9.17) is 4.74 Å². The molecule has 2 heterocycles. The van der Waals surface area contributed by atoms with Gasteiger partial charge in [0, 0.05) is 12.0 Å². The summed E-state index contributed by atoms with van der Waals surface area (Å²) >= 11 is 0. The molecule has 0 saturated heterocycles. The monoisotopic (exact) mass is 612 g/mol. The van der Waals surface area contributed by atoms with Gasteiger partial charge in [0.15, 0.2) is 5.82 Å². The fourth-order valence-corrected chi connectivity index (χ4v) is 4.86. The summed E-state index contributed by atoms with van der Waals surface area (Å²) in [5.74, 6) is 0.566. The van der Waals surface area contributed by atoms with Crippen LogP contribution in [0.1, 0.15) is 50.7 Å². The van der Waals surface area contributed by atoms with Crippen LogP contribution in [0, 0.1) is 0 Å². The number of hydrogen-bond donors (Lipinski definition) is 1. The Morgan fingerprint density at radius 2 is 1.58 bits per heavy atom. The van der Waals surface area contributed by atoms with Crippen LogP contribution in [0.15, 0.2) is 86.9 Å². The summed E-state index contributed by atoms with van der Waals surface area (Å²) in [7, 11) is 0. The SMILES string of the molecule is CCCc1nc(C(F)F)c(-c2ccc(OC(C)C)cc2)c(=O)n1Cc1ccc(-c2ccccc2-c2noc(=O)[nH]2)cc1.[KH]. The Kier molecular flexibility index (Phi) is 11.0. The number of hydrogen-bond acceptors (Lipinski definition) is 6. The van der Waals surface area contributed by atoms with Crippen molar-refractivity contribution >= 4 is 51.4 Å². The summed E-state index contributed by atoms with van der Waals surface area (Å²) in [6.07, 6.45) is -1.96. The minimum atomic E-state index is -2.91. The Bertz CT molecular complexity index is 1800. The van der Waals surface area contributed by atoms with E-state index in [0.717, 1.165) is 16.7 Å². The van der Waals surface area contributed by atoms with Gasteiger partial charge in [-0.2, -0.15) is 0 Å². The van der Waals surface area contributed by atoms with Gasteiger partial charge in [0.05, 0.1) is 18.2 Å². The van der Waals surface area contributed by atoms with E-state index in [2.05, 4.69) is 19.6 Å². The molecule has 43 heavy (non-hydrogen) atoms. The fourth-order valence-electron chi connectivity index (χ4n) is 4.86. The van der Waals surface area contributed by atoms with Crippen molar-refractivity contribution in [1.82, 2.24) is 19.7 Å². The van der Waals surface area contributed by atoms with Crippen LogP contribution >= 0.6 is 0 Å². The normalized spacial score (nSPS) is 11.1. The Hall–Kier alpha value is -3.22. The molecule has 0 fully saturated rings. The Balaban J connectivity index is 0.00000423. The molecular formula is C32H31F2KN4O4. The zero-order valence-electron chi connectivity index (χ0n) is 23.4. The van der Waals surface area contributed by atoms with Crippen molar-refractivity contribution in [3.8, 4) is 39.4 Å². The van der Waals surface area contributed by atoms with E-state index in [1.807, 2.05) is 69.3 Å². The Morgan fingerprint density at radius 3 is 2.16 bits per heavy atom. The van der Waals surface area contributed by atoms with Gasteiger partial charge in [0.25, 0.3) is 12.0 Å². The van der Waals surface area contributed by atoms with Crippen LogP contribution in [-0.4, -0.2) is 77.2 Å². The second-order valence-electron chi connectivity index (χ2n) is 10.1. The third-order valence-electron chi connectivity index (χ3n) is 6.70. The predicted molar refractivity (Wildman–Crippen MR) is 163 cm³/mol. The summed E-state index contributed by atoms with van der Waals surface area (Å²) in [6.45, 7) is 5.85. The topological polar surface area (TPSA) is 103 Å². The van der Waals surface area contributed by atoms with Crippen LogP contribution in [0.5, 0.6) is 5.75 Å².